The molecule has 0 aliphatic heterocycles. The Morgan fingerprint density at radius 1 is 1.36 bits per heavy atom. The minimum Gasteiger partial charge on any atom is -0.299 e. The molecule has 0 aromatic heterocycles. The van der Waals surface area contributed by atoms with E-state index in [1.165, 1.54) is 6.42 Å². The zero-order valence-corrected chi connectivity index (χ0v) is 6.75. The summed E-state index contributed by atoms with van der Waals surface area (Å²) in [4.78, 5) is 11.4. The Bertz CT molecular complexity index is 193. The van der Waals surface area contributed by atoms with Gasteiger partial charge >= 0.3 is 0 Å². The van der Waals surface area contributed by atoms with E-state index in [9.17, 15) is 4.79 Å². The molecular formula is C10H14O. The third-order valence-electron chi connectivity index (χ3n) is 2.92. The second kappa shape index (κ2) is 2.80. The van der Waals surface area contributed by atoms with Crippen LogP contribution in [-0.2, 0) is 4.79 Å². The van der Waals surface area contributed by atoms with E-state index in [0.29, 0.717) is 17.6 Å². The van der Waals surface area contributed by atoms with Crippen molar-refractivity contribution in [2.24, 2.45) is 11.8 Å². The standard InChI is InChI=1S/C10H14O/c11-10-5-3-1-2-4-8-6-7-9(8)10/h2,4,8-9H,1,3,5-7H2/b4-2-/t8-,9-/m1/s1. The zero-order valence-electron chi connectivity index (χ0n) is 6.75. The molecule has 2 aliphatic rings. The van der Waals surface area contributed by atoms with E-state index in [0.717, 1.165) is 25.7 Å². The highest BCUT2D eigenvalue weighted by Crippen LogP contribution is 2.38. The van der Waals surface area contributed by atoms with E-state index in [1.807, 2.05) is 0 Å². The van der Waals surface area contributed by atoms with E-state index in [-0.39, 0.29) is 0 Å². The van der Waals surface area contributed by atoms with Gasteiger partial charge in [-0.1, -0.05) is 12.2 Å². The van der Waals surface area contributed by atoms with Gasteiger partial charge in [0.2, 0.25) is 0 Å². The van der Waals surface area contributed by atoms with Crippen molar-refractivity contribution in [2.75, 3.05) is 0 Å². The van der Waals surface area contributed by atoms with Gasteiger partial charge in [-0.2, -0.15) is 0 Å². The molecule has 0 bridgehead atoms. The molecule has 1 saturated carbocycles. The van der Waals surface area contributed by atoms with Crippen molar-refractivity contribution < 1.29 is 4.79 Å². The Kier molecular flexibility index (Phi) is 1.80. The molecular weight excluding hydrogens is 136 g/mol. The first kappa shape index (κ1) is 7.08. The van der Waals surface area contributed by atoms with Crippen molar-refractivity contribution in [1.82, 2.24) is 0 Å². The highest BCUT2D eigenvalue weighted by Gasteiger charge is 2.34. The van der Waals surface area contributed by atoms with Crippen LogP contribution in [0.3, 0.4) is 0 Å². The SMILES string of the molecule is O=C1CCC/C=C\[C@@H]2CC[C@@H]12. The summed E-state index contributed by atoms with van der Waals surface area (Å²) in [6.45, 7) is 0. The topological polar surface area (TPSA) is 17.1 Å². The number of carbonyl (C=O) groups is 1. The average Bonchev–Trinajstić information content (AvgIpc) is 1.92. The van der Waals surface area contributed by atoms with E-state index in [1.54, 1.807) is 0 Å². The van der Waals surface area contributed by atoms with Crippen molar-refractivity contribution in [3.63, 3.8) is 0 Å². The first-order valence-electron chi connectivity index (χ1n) is 4.57. The third kappa shape index (κ3) is 1.24. The van der Waals surface area contributed by atoms with Crippen LogP contribution in [0.15, 0.2) is 12.2 Å². The molecule has 0 N–H and O–H groups in total. The predicted molar refractivity (Wildman–Crippen MR) is 44.2 cm³/mol. The molecule has 0 saturated heterocycles. The molecule has 2 aliphatic carbocycles. The number of ketones is 1. The highest BCUT2D eigenvalue weighted by atomic mass is 16.1. The molecule has 1 fully saturated rings. The maximum Gasteiger partial charge on any atom is 0.136 e. The zero-order chi connectivity index (χ0) is 7.68. The van der Waals surface area contributed by atoms with Crippen molar-refractivity contribution >= 4 is 5.78 Å². The van der Waals surface area contributed by atoms with Crippen LogP contribution in [-0.4, -0.2) is 5.78 Å². The molecule has 11 heavy (non-hydrogen) atoms. The molecule has 2 rings (SSSR count). The maximum absolute atomic E-state index is 11.4. The lowest BCUT2D eigenvalue weighted by molar-refractivity contribution is -0.127. The van der Waals surface area contributed by atoms with E-state index in [4.69, 9.17) is 0 Å². The molecule has 0 spiro atoms. The number of rotatable bonds is 0. The molecule has 1 nitrogen and oxygen atoms in total. The summed E-state index contributed by atoms with van der Waals surface area (Å²) in [7, 11) is 0. The van der Waals surface area contributed by atoms with Crippen molar-refractivity contribution in [3.05, 3.63) is 12.2 Å². The van der Waals surface area contributed by atoms with Gasteiger partial charge in [-0.05, 0) is 31.6 Å². The van der Waals surface area contributed by atoms with E-state index >= 15 is 0 Å². The predicted octanol–water partition coefficient (Wildman–Crippen LogP) is 2.32. The Balaban J connectivity index is 2.08. The number of Topliss-reactive ketones (excluding diaryl/α,β-unsaturated/α-hetero) is 1. The largest absolute Gasteiger partial charge is 0.299 e. The summed E-state index contributed by atoms with van der Waals surface area (Å²) < 4.78 is 0. The molecule has 0 heterocycles. The Labute approximate surface area is 67.5 Å². The highest BCUT2D eigenvalue weighted by molar-refractivity contribution is 5.82. The number of hydrogen-bond acceptors (Lipinski definition) is 1. The minimum absolute atomic E-state index is 0.409. The normalized spacial score (nSPS) is 39.8. The fraction of sp³-hybridized carbons (Fsp3) is 0.700. The Hall–Kier alpha value is -0.590. The van der Waals surface area contributed by atoms with E-state index < -0.39 is 0 Å². The second-order valence-corrected chi connectivity index (χ2v) is 3.63. The smallest absolute Gasteiger partial charge is 0.136 e. The van der Waals surface area contributed by atoms with Crippen LogP contribution in [0.5, 0.6) is 0 Å². The van der Waals surface area contributed by atoms with Crippen molar-refractivity contribution in [1.29, 1.82) is 0 Å². The molecule has 0 aromatic carbocycles. The van der Waals surface area contributed by atoms with E-state index in [2.05, 4.69) is 12.2 Å². The van der Waals surface area contributed by atoms with Gasteiger partial charge in [-0.3, -0.25) is 4.79 Å². The van der Waals surface area contributed by atoms with Crippen molar-refractivity contribution in [3.8, 4) is 0 Å². The lowest BCUT2D eigenvalue weighted by Gasteiger charge is -2.34. The van der Waals surface area contributed by atoms with Crippen LogP contribution in [0.1, 0.15) is 32.1 Å². The molecule has 0 radical (unpaired) electrons. The van der Waals surface area contributed by atoms with Gasteiger partial charge in [0.1, 0.15) is 5.78 Å². The van der Waals surface area contributed by atoms with Gasteiger partial charge in [0.05, 0.1) is 0 Å². The van der Waals surface area contributed by atoms with Gasteiger partial charge in [-0.25, -0.2) is 0 Å². The lowest BCUT2D eigenvalue weighted by atomic mass is 9.69. The average molecular weight is 150 g/mol. The molecule has 1 heteroatoms. The fourth-order valence-electron chi connectivity index (χ4n) is 2.01. The van der Waals surface area contributed by atoms with Gasteiger partial charge in [0.15, 0.2) is 0 Å². The van der Waals surface area contributed by atoms with Gasteiger partial charge in [-0.15, -0.1) is 0 Å². The summed E-state index contributed by atoms with van der Waals surface area (Å²) in [5.41, 5.74) is 0. The summed E-state index contributed by atoms with van der Waals surface area (Å²) in [5, 5.41) is 0. The maximum atomic E-state index is 11.4. The van der Waals surface area contributed by atoms with Gasteiger partial charge < -0.3 is 0 Å². The van der Waals surface area contributed by atoms with Crippen molar-refractivity contribution in [2.45, 2.75) is 32.1 Å². The quantitative estimate of drug-likeness (QED) is 0.484. The Morgan fingerprint density at radius 3 is 3.00 bits per heavy atom. The van der Waals surface area contributed by atoms with Crippen LogP contribution < -0.4 is 0 Å². The van der Waals surface area contributed by atoms with Crippen LogP contribution in [0.25, 0.3) is 0 Å². The first-order valence-corrected chi connectivity index (χ1v) is 4.57. The van der Waals surface area contributed by atoms with Crippen LogP contribution in [0, 0.1) is 11.8 Å². The lowest BCUT2D eigenvalue weighted by Crippen LogP contribution is -2.32. The number of hydrogen-bond donors (Lipinski definition) is 0. The number of allylic oxidation sites excluding steroid dienone is 2. The fourth-order valence-corrected chi connectivity index (χ4v) is 2.01. The summed E-state index contributed by atoms with van der Waals surface area (Å²) in [6.07, 6.45) is 9.90. The van der Waals surface area contributed by atoms with Crippen LogP contribution in [0.4, 0.5) is 0 Å². The Morgan fingerprint density at radius 2 is 2.27 bits per heavy atom. The second-order valence-electron chi connectivity index (χ2n) is 3.63. The molecule has 0 aromatic rings. The minimum atomic E-state index is 0.409. The van der Waals surface area contributed by atoms with Crippen LogP contribution in [0.2, 0.25) is 0 Å². The summed E-state index contributed by atoms with van der Waals surface area (Å²) >= 11 is 0. The van der Waals surface area contributed by atoms with Gasteiger partial charge in [0, 0.05) is 12.3 Å². The molecule has 0 unspecified atom stereocenters. The molecule has 60 valence electrons. The third-order valence-corrected chi connectivity index (χ3v) is 2.92. The molecule has 2 atom stereocenters. The van der Waals surface area contributed by atoms with Crippen LogP contribution >= 0.6 is 0 Å². The van der Waals surface area contributed by atoms with Gasteiger partial charge in [0.25, 0.3) is 0 Å². The summed E-state index contributed by atoms with van der Waals surface area (Å²) in [6, 6.07) is 0. The summed E-state index contributed by atoms with van der Waals surface area (Å²) in [5.74, 6) is 1.54. The number of carbonyl (C=O) groups excluding carboxylic acids is 1. The molecule has 0 amide bonds. The number of fused-ring (bicyclic) bond motifs is 1. The first-order chi connectivity index (χ1) is 5.38. The monoisotopic (exact) mass is 150 g/mol.